The minimum absolute atomic E-state index is 0.829. The zero-order valence-electron chi connectivity index (χ0n) is 10.1. The Labute approximate surface area is 96.0 Å². The molecule has 1 atom stereocenters. The van der Waals surface area contributed by atoms with Crippen molar-refractivity contribution in [3.05, 3.63) is 0 Å². The molecule has 2 saturated carbocycles. The second kappa shape index (κ2) is 6.02. The van der Waals surface area contributed by atoms with Crippen molar-refractivity contribution in [2.75, 3.05) is 0 Å². The summed E-state index contributed by atoms with van der Waals surface area (Å²) in [5, 5.41) is 0. The lowest BCUT2D eigenvalue weighted by Crippen LogP contribution is -2.53. The van der Waals surface area contributed by atoms with Crippen LogP contribution in [-0.4, -0.2) is 21.2 Å². The van der Waals surface area contributed by atoms with E-state index in [2.05, 4.69) is 16.5 Å². The minimum atomic E-state index is -0.829. The number of hydrogen-bond acceptors (Lipinski definition) is 2. The third-order valence-electron chi connectivity index (χ3n) is 3.93. The van der Waals surface area contributed by atoms with Crippen molar-refractivity contribution in [2.45, 2.75) is 76.4 Å². The summed E-state index contributed by atoms with van der Waals surface area (Å²) in [7, 11) is -0.829. The minimum Gasteiger partial charge on any atom is -0.325 e. The van der Waals surface area contributed by atoms with Crippen LogP contribution in [0.25, 0.3) is 0 Å². The Morgan fingerprint density at radius 3 is 1.60 bits per heavy atom. The molecule has 0 aromatic carbocycles. The largest absolute Gasteiger partial charge is 0.325 e. The number of rotatable bonds is 4. The van der Waals surface area contributed by atoms with Crippen molar-refractivity contribution >= 4 is 9.12 Å². The van der Waals surface area contributed by atoms with Gasteiger partial charge in [0.2, 0.25) is 0 Å². The fourth-order valence-electron chi connectivity index (χ4n) is 3.12. The van der Waals surface area contributed by atoms with Crippen molar-refractivity contribution in [1.82, 2.24) is 9.96 Å². The maximum Gasteiger partial charge on any atom is 0.181 e. The molecule has 0 amide bonds. The first-order valence-electron chi connectivity index (χ1n) is 6.87. The molecule has 0 aliphatic heterocycles. The SMILES string of the molecule is C[SiH](NC1CCCCC1)NC1CCCC1. The summed E-state index contributed by atoms with van der Waals surface area (Å²) in [6.45, 7) is 2.42. The Morgan fingerprint density at radius 2 is 1.13 bits per heavy atom. The lowest BCUT2D eigenvalue weighted by atomic mass is 9.96. The van der Waals surface area contributed by atoms with Gasteiger partial charge in [-0.15, -0.1) is 0 Å². The molecule has 2 fully saturated rings. The van der Waals surface area contributed by atoms with Crippen LogP contribution in [0.5, 0.6) is 0 Å². The maximum atomic E-state index is 3.87. The molecule has 0 bridgehead atoms. The van der Waals surface area contributed by atoms with Gasteiger partial charge >= 0.3 is 0 Å². The van der Waals surface area contributed by atoms with Crippen LogP contribution in [0.3, 0.4) is 0 Å². The standard InChI is InChI=1S/C12H26N2Si/c1-15(14-12-9-5-6-10-12)13-11-7-3-2-4-8-11/h11-15H,2-10H2,1H3. The fourth-order valence-corrected chi connectivity index (χ4v) is 5.29. The van der Waals surface area contributed by atoms with Crippen LogP contribution in [0, 0.1) is 0 Å². The lowest BCUT2D eigenvalue weighted by Gasteiger charge is -2.28. The van der Waals surface area contributed by atoms with E-state index in [1.165, 1.54) is 57.8 Å². The maximum absolute atomic E-state index is 3.87. The molecule has 0 spiro atoms. The summed E-state index contributed by atoms with van der Waals surface area (Å²) in [5.41, 5.74) is 0. The molecule has 3 heteroatoms. The van der Waals surface area contributed by atoms with Crippen molar-refractivity contribution in [3.63, 3.8) is 0 Å². The van der Waals surface area contributed by atoms with Crippen LogP contribution in [-0.2, 0) is 0 Å². The van der Waals surface area contributed by atoms with Gasteiger partial charge in [0.05, 0.1) is 0 Å². The van der Waals surface area contributed by atoms with Gasteiger partial charge < -0.3 is 9.96 Å². The van der Waals surface area contributed by atoms with Crippen molar-refractivity contribution in [1.29, 1.82) is 0 Å². The second-order valence-corrected chi connectivity index (χ2v) is 7.48. The Morgan fingerprint density at radius 1 is 0.733 bits per heavy atom. The molecule has 2 aliphatic rings. The summed E-state index contributed by atoms with van der Waals surface area (Å²) in [6, 6.07) is 1.69. The fraction of sp³-hybridized carbons (Fsp3) is 1.00. The quantitative estimate of drug-likeness (QED) is 0.719. The van der Waals surface area contributed by atoms with Gasteiger partial charge in [-0.25, -0.2) is 0 Å². The van der Waals surface area contributed by atoms with Gasteiger partial charge in [-0.3, -0.25) is 0 Å². The predicted molar refractivity (Wildman–Crippen MR) is 68.4 cm³/mol. The van der Waals surface area contributed by atoms with E-state index in [9.17, 15) is 0 Å². The van der Waals surface area contributed by atoms with Crippen LogP contribution < -0.4 is 9.96 Å². The van der Waals surface area contributed by atoms with Crippen molar-refractivity contribution < 1.29 is 0 Å². The van der Waals surface area contributed by atoms with E-state index in [0.717, 1.165) is 12.1 Å². The van der Waals surface area contributed by atoms with Gasteiger partial charge in [-0.2, -0.15) is 0 Å². The van der Waals surface area contributed by atoms with E-state index in [-0.39, 0.29) is 0 Å². The van der Waals surface area contributed by atoms with Crippen LogP contribution in [0.1, 0.15) is 57.8 Å². The average molecular weight is 226 g/mol. The lowest BCUT2D eigenvalue weighted by molar-refractivity contribution is 0.413. The summed E-state index contributed by atoms with van der Waals surface area (Å²) >= 11 is 0. The Balaban J connectivity index is 1.64. The van der Waals surface area contributed by atoms with E-state index in [1.54, 1.807) is 0 Å². The van der Waals surface area contributed by atoms with Gasteiger partial charge in [0, 0.05) is 12.1 Å². The van der Waals surface area contributed by atoms with Gasteiger partial charge in [0.15, 0.2) is 9.12 Å². The van der Waals surface area contributed by atoms with Crippen molar-refractivity contribution in [3.8, 4) is 0 Å². The molecule has 0 radical (unpaired) electrons. The van der Waals surface area contributed by atoms with E-state index in [0.29, 0.717) is 0 Å². The molecule has 0 aromatic heterocycles. The average Bonchev–Trinajstić information content (AvgIpc) is 2.71. The predicted octanol–water partition coefficient (Wildman–Crippen LogP) is 2.29. The molecule has 2 rings (SSSR count). The van der Waals surface area contributed by atoms with Gasteiger partial charge in [-0.05, 0) is 32.2 Å². The van der Waals surface area contributed by atoms with Gasteiger partial charge in [-0.1, -0.05) is 32.1 Å². The van der Waals surface area contributed by atoms with Crippen LogP contribution in [0.15, 0.2) is 0 Å². The zero-order valence-corrected chi connectivity index (χ0v) is 11.3. The molecule has 1 unspecified atom stereocenters. The summed E-state index contributed by atoms with van der Waals surface area (Å²) in [6.07, 6.45) is 12.9. The van der Waals surface area contributed by atoms with Crippen molar-refractivity contribution in [2.24, 2.45) is 0 Å². The molecule has 0 aromatic rings. The Bertz CT molecular complexity index is 174. The smallest absolute Gasteiger partial charge is 0.181 e. The zero-order chi connectivity index (χ0) is 10.5. The Hall–Kier alpha value is 0.137. The molecule has 2 N–H and O–H groups in total. The van der Waals surface area contributed by atoms with E-state index in [4.69, 9.17) is 0 Å². The molecule has 15 heavy (non-hydrogen) atoms. The highest BCUT2D eigenvalue weighted by Gasteiger charge is 2.20. The summed E-state index contributed by atoms with van der Waals surface area (Å²) in [4.78, 5) is 7.73. The normalized spacial score (nSPS) is 27.0. The molecular formula is C12H26N2Si. The van der Waals surface area contributed by atoms with Crippen LogP contribution in [0.4, 0.5) is 0 Å². The topological polar surface area (TPSA) is 24.1 Å². The molecular weight excluding hydrogens is 200 g/mol. The molecule has 88 valence electrons. The highest BCUT2D eigenvalue weighted by molar-refractivity contribution is 6.51. The first-order valence-corrected chi connectivity index (χ1v) is 9.17. The third-order valence-corrected chi connectivity index (χ3v) is 5.87. The van der Waals surface area contributed by atoms with Crippen LogP contribution in [0.2, 0.25) is 6.55 Å². The monoisotopic (exact) mass is 226 g/mol. The van der Waals surface area contributed by atoms with Crippen LogP contribution >= 0.6 is 0 Å². The number of nitrogens with one attached hydrogen (secondary N) is 2. The van der Waals surface area contributed by atoms with Gasteiger partial charge in [0.1, 0.15) is 0 Å². The summed E-state index contributed by atoms with van der Waals surface area (Å²) in [5.74, 6) is 0. The first kappa shape index (κ1) is 11.6. The van der Waals surface area contributed by atoms with E-state index in [1.807, 2.05) is 0 Å². The summed E-state index contributed by atoms with van der Waals surface area (Å²) < 4.78 is 0. The molecule has 0 saturated heterocycles. The highest BCUT2D eigenvalue weighted by Crippen LogP contribution is 2.19. The highest BCUT2D eigenvalue weighted by atomic mass is 28.3. The molecule has 2 aliphatic carbocycles. The van der Waals surface area contributed by atoms with E-state index >= 15 is 0 Å². The second-order valence-electron chi connectivity index (χ2n) is 5.37. The molecule has 0 heterocycles. The van der Waals surface area contributed by atoms with Gasteiger partial charge in [0.25, 0.3) is 0 Å². The van der Waals surface area contributed by atoms with E-state index < -0.39 is 9.12 Å². The third kappa shape index (κ3) is 3.89. The first-order chi connectivity index (χ1) is 7.34. The number of hydrogen-bond donors (Lipinski definition) is 2. The Kier molecular flexibility index (Phi) is 4.66. The molecule has 2 nitrogen and oxygen atoms in total.